The summed E-state index contributed by atoms with van der Waals surface area (Å²) in [6, 6.07) is 8.86. The Hall–Kier alpha value is -2.27. The van der Waals surface area contributed by atoms with Gasteiger partial charge in [-0.05, 0) is 57.5 Å². The summed E-state index contributed by atoms with van der Waals surface area (Å²) in [5.41, 5.74) is 2.88. The molecular weight excluding hydrogens is 286 g/mol. The first-order valence-corrected chi connectivity index (χ1v) is 8.25. The zero-order valence-corrected chi connectivity index (χ0v) is 13.6. The molecule has 5 nitrogen and oxygen atoms in total. The fourth-order valence-electron chi connectivity index (χ4n) is 3.58. The van der Waals surface area contributed by atoms with E-state index in [0.717, 1.165) is 35.6 Å². The third kappa shape index (κ3) is 2.41. The minimum Gasteiger partial charge on any atom is -0.291 e. The quantitative estimate of drug-likeness (QED) is 0.744. The van der Waals surface area contributed by atoms with Crippen LogP contribution in [-0.4, -0.2) is 37.0 Å². The lowest BCUT2D eigenvalue weighted by atomic mass is 10.2. The topological polar surface area (TPSA) is 46.8 Å². The zero-order chi connectivity index (χ0) is 15.8. The van der Waals surface area contributed by atoms with Crippen molar-refractivity contribution in [3.05, 3.63) is 48.7 Å². The van der Waals surface area contributed by atoms with Crippen molar-refractivity contribution in [3.8, 4) is 5.69 Å². The highest BCUT2D eigenvalue weighted by Gasteiger charge is 2.32. The van der Waals surface area contributed by atoms with Crippen molar-refractivity contribution in [3.63, 3.8) is 0 Å². The summed E-state index contributed by atoms with van der Waals surface area (Å²) < 4.78 is 2.17. The molecule has 1 aliphatic rings. The highest BCUT2D eigenvalue weighted by Crippen LogP contribution is 2.35. The third-order valence-electron chi connectivity index (χ3n) is 4.60. The Bertz CT molecular complexity index is 809. The summed E-state index contributed by atoms with van der Waals surface area (Å²) in [5, 5.41) is 0. The van der Waals surface area contributed by atoms with E-state index in [1.54, 1.807) is 6.20 Å². The molecule has 3 aromatic rings. The fourth-order valence-corrected chi connectivity index (χ4v) is 3.58. The Morgan fingerprint density at radius 2 is 2.04 bits per heavy atom. The molecule has 1 unspecified atom stereocenters. The number of imidazole rings is 1. The van der Waals surface area contributed by atoms with E-state index in [4.69, 9.17) is 4.98 Å². The second-order valence-corrected chi connectivity index (χ2v) is 6.35. The molecule has 23 heavy (non-hydrogen) atoms. The Morgan fingerprint density at radius 3 is 2.83 bits per heavy atom. The molecule has 5 heteroatoms. The van der Waals surface area contributed by atoms with Gasteiger partial charge in [-0.2, -0.15) is 0 Å². The minimum atomic E-state index is 0.337. The number of likely N-dealkylation sites (tertiary alicyclic amines) is 1. The summed E-state index contributed by atoms with van der Waals surface area (Å²) in [4.78, 5) is 16.3. The van der Waals surface area contributed by atoms with Crippen LogP contribution in [0.25, 0.3) is 16.9 Å². The van der Waals surface area contributed by atoms with Gasteiger partial charge in [-0.3, -0.25) is 14.5 Å². The van der Waals surface area contributed by atoms with Gasteiger partial charge < -0.3 is 0 Å². The molecule has 1 atom stereocenters. The highest BCUT2D eigenvalue weighted by molar-refractivity contribution is 5.73. The van der Waals surface area contributed by atoms with Crippen LogP contribution in [0.1, 0.15) is 38.6 Å². The average molecular weight is 307 g/mol. The molecule has 1 saturated heterocycles. The third-order valence-corrected chi connectivity index (χ3v) is 4.60. The fraction of sp³-hybridized carbons (Fsp3) is 0.389. The summed E-state index contributed by atoms with van der Waals surface area (Å²) >= 11 is 0. The van der Waals surface area contributed by atoms with Gasteiger partial charge in [-0.15, -0.1) is 0 Å². The van der Waals surface area contributed by atoms with Gasteiger partial charge in [-0.1, -0.05) is 0 Å². The van der Waals surface area contributed by atoms with Crippen molar-refractivity contribution >= 4 is 11.2 Å². The smallest absolute Gasteiger partial charge is 0.164 e. The number of nitrogens with zero attached hydrogens (tertiary/aromatic N) is 5. The van der Waals surface area contributed by atoms with E-state index in [-0.39, 0.29) is 0 Å². The SMILES string of the molecule is CC(C)N1CCCC1c1nc2cccnc2n1-c1cccnc1. The number of hydrogen-bond acceptors (Lipinski definition) is 4. The van der Waals surface area contributed by atoms with Crippen molar-refractivity contribution in [2.45, 2.75) is 38.8 Å². The first-order chi connectivity index (χ1) is 11.3. The Balaban J connectivity index is 1.93. The van der Waals surface area contributed by atoms with Crippen LogP contribution in [0.4, 0.5) is 0 Å². The molecule has 0 aliphatic carbocycles. The Kier molecular flexibility index (Phi) is 3.58. The van der Waals surface area contributed by atoms with Crippen molar-refractivity contribution in [2.24, 2.45) is 0 Å². The zero-order valence-electron chi connectivity index (χ0n) is 13.6. The van der Waals surface area contributed by atoms with Crippen LogP contribution in [-0.2, 0) is 0 Å². The molecule has 0 aromatic carbocycles. The van der Waals surface area contributed by atoms with Gasteiger partial charge >= 0.3 is 0 Å². The molecule has 0 saturated carbocycles. The van der Waals surface area contributed by atoms with E-state index in [2.05, 4.69) is 39.3 Å². The van der Waals surface area contributed by atoms with Crippen LogP contribution in [0.15, 0.2) is 42.9 Å². The lowest BCUT2D eigenvalue weighted by Crippen LogP contribution is -2.31. The van der Waals surface area contributed by atoms with Gasteiger partial charge in [0, 0.05) is 18.4 Å². The average Bonchev–Trinajstić information content (AvgIpc) is 3.20. The molecule has 0 amide bonds. The van der Waals surface area contributed by atoms with E-state index in [9.17, 15) is 0 Å². The predicted molar refractivity (Wildman–Crippen MR) is 90.5 cm³/mol. The number of hydrogen-bond donors (Lipinski definition) is 0. The van der Waals surface area contributed by atoms with Crippen LogP contribution >= 0.6 is 0 Å². The molecule has 0 N–H and O–H groups in total. The van der Waals surface area contributed by atoms with Gasteiger partial charge in [0.25, 0.3) is 0 Å². The first kappa shape index (κ1) is 14.3. The summed E-state index contributed by atoms with van der Waals surface area (Å²) in [7, 11) is 0. The molecule has 4 heterocycles. The van der Waals surface area contributed by atoms with Gasteiger partial charge in [0.2, 0.25) is 0 Å². The molecule has 4 rings (SSSR count). The molecule has 1 fully saturated rings. The number of aromatic nitrogens is 4. The lowest BCUT2D eigenvalue weighted by molar-refractivity contribution is 0.197. The summed E-state index contributed by atoms with van der Waals surface area (Å²) in [5.74, 6) is 1.08. The van der Waals surface area contributed by atoms with Crippen molar-refractivity contribution in [2.75, 3.05) is 6.54 Å². The van der Waals surface area contributed by atoms with Crippen molar-refractivity contribution in [1.82, 2.24) is 24.4 Å². The number of rotatable bonds is 3. The normalized spacial score (nSPS) is 19.0. The maximum Gasteiger partial charge on any atom is 0.164 e. The van der Waals surface area contributed by atoms with Crippen LogP contribution < -0.4 is 0 Å². The standard InChI is InChI=1S/C18H21N5/c1-13(2)22-11-5-8-16(22)18-21-15-7-4-10-20-17(15)23(18)14-6-3-9-19-12-14/h3-4,6-7,9-10,12-13,16H,5,8,11H2,1-2H3. The van der Waals surface area contributed by atoms with Crippen LogP contribution in [0.2, 0.25) is 0 Å². The highest BCUT2D eigenvalue weighted by atomic mass is 15.3. The largest absolute Gasteiger partial charge is 0.291 e. The molecular formula is C18H21N5. The molecule has 0 spiro atoms. The number of fused-ring (bicyclic) bond motifs is 1. The molecule has 3 aromatic heterocycles. The van der Waals surface area contributed by atoms with Crippen LogP contribution in [0.3, 0.4) is 0 Å². The summed E-state index contributed by atoms with van der Waals surface area (Å²) in [6.45, 7) is 5.65. The van der Waals surface area contributed by atoms with E-state index in [0.29, 0.717) is 12.1 Å². The minimum absolute atomic E-state index is 0.337. The van der Waals surface area contributed by atoms with Crippen molar-refractivity contribution in [1.29, 1.82) is 0 Å². The van der Waals surface area contributed by atoms with Gasteiger partial charge in [-0.25, -0.2) is 9.97 Å². The van der Waals surface area contributed by atoms with Gasteiger partial charge in [0.05, 0.1) is 17.9 Å². The molecule has 118 valence electrons. The maximum absolute atomic E-state index is 4.93. The van der Waals surface area contributed by atoms with Gasteiger partial charge in [0.15, 0.2) is 5.65 Å². The maximum atomic E-state index is 4.93. The predicted octanol–water partition coefficient (Wildman–Crippen LogP) is 3.36. The monoisotopic (exact) mass is 307 g/mol. The van der Waals surface area contributed by atoms with E-state index < -0.39 is 0 Å². The molecule has 1 aliphatic heterocycles. The van der Waals surface area contributed by atoms with E-state index in [1.165, 1.54) is 6.42 Å². The van der Waals surface area contributed by atoms with Crippen LogP contribution in [0, 0.1) is 0 Å². The second kappa shape index (κ2) is 5.74. The van der Waals surface area contributed by atoms with E-state index in [1.807, 2.05) is 30.6 Å². The van der Waals surface area contributed by atoms with Crippen molar-refractivity contribution < 1.29 is 0 Å². The Labute approximate surface area is 136 Å². The van der Waals surface area contributed by atoms with Crippen LogP contribution in [0.5, 0.6) is 0 Å². The first-order valence-electron chi connectivity index (χ1n) is 8.25. The second-order valence-electron chi connectivity index (χ2n) is 6.35. The molecule has 0 bridgehead atoms. The summed E-state index contributed by atoms with van der Waals surface area (Å²) in [6.07, 6.45) is 7.86. The van der Waals surface area contributed by atoms with Gasteiger partial charge in [0.1, 0.15) is 11.3 Å². The lowest BCUT2D eigenvalue weighted by Gasteiger charge is -2.28. The molecule has 0 radical (unpaired) electrons. The Morgan fingerprint density at radius 1 is 1.17 bits per heavy atom. The van der Waals surface area contributed by atoms with E-state index >= 15 is 0 Å². The number of pyridine rings is 2.